The van der Waals surface area contributed by atoms with Gasteiger partial charge in [-0.25, -0.2) is 0 Å². The van der Waals surface area contributed by atoms with E-state index in [1.165, 1.54) is 0 Å². The number of aliphatic hydroxyl groups is 1. The SMILES string of the molecule is CCC(CC)(OC)C(O)Cc1c(C)nn(C)c1Cl. The van der Waals surface area contributed by atoms with Crippen molar-refractivity contribution < 1.29 is 9.84 Å². The molecule has 0 radical (unpaired) electrons. The highest BCUT2D eigenvalue weighted by atomic mass is 35.5. The highest BCUT2D eigenvalue weighted by Crippen LogP contribution is 2.29. The van der Waals surface area contributed by atoms with E-state index in [0.717, 1.165) is 24.1 Å². The third-order valence-corrected chi connectivity index (χ3v) is 4.35. The number of methoxy groups -OCH3 is 1. The Hall–Kier alpha value is -0.580. The van der Waals surface area contributed by atoms with Crippen molar-refractivity contribution in [2.24, 2.45) is 7.05 Å². The predicted molar refractivity (Wildman–Crippen MR) is 73.0 cm³/mol. The lowest BCUT2D eigenvalue weighted by Gasteiger charge is -2.35. The highest BCUT2D eigenvalue weighted by Gasteiger charge is 2.35. The molecule has 1 unspecified atom stereocenters. The molecule has 104 valence electrons. The smallest absolute Gasteiger partial charge is 0.130 e. The van der Waals surface area contributed by atoms with Gasteiger partial charge in [-0.15, -0.1) is 0 Å². The van der Waals surface area contributed by atoms with E-state index in [9.17, 15) is 5.11 Å². The van der Waals surface area contributed by atoms with Gasteiger partial charge in [-0.3, -0.25) is 4.68 Å². The molecule has 1 atom stereocenters. The van der Waals surface area contributed by atoms with Gasteiger partial charge in [0, 0.05) is 26.1 Å². The van der Waals surface area contributed by atoms with Crippen LogP contribution in [0.4, 0.5) is 0 Å². The lowest BCUT2D eigenvalue weighted by atomic mass is 9.87. The number of hydrogen-bond acceptors (Lipinski definition) is 3. The quantitative estimate of drug-likeness (QED) is 0.867. The minimum absolute atomic E-state index is 0.466. The van der Waals surface area contributed by atoms with E-state index in [2.05, 4.69) is 5.10 Å². The monoisotopic (exact) mass is 274 g/mol. The first-order valence-electron chi connectivity index (χ1n) is 6.33. The number of aliphatic hydroxyl groups excluding tert-OH is 1. The van der Waals surface area contributed by atoms with Crippen LogP contribution < -0.4 is 0 Å². The first kappa shape index (κ1) is 15.5. The Balaban J connectivity index is 2.96. The molecule has 0 aromatic carbocycles. The van der Waals surface area contributed by atoms with Crippen LogP contribution >= 0.6 is 11.6 Å². The summed E-state index contributed by atoms with van der Waals surface area (Å²) in [7, 11) is 3.45. The summed E-state index contributed by atoms with van der Waals surface area (Å²) in [4.78, 5) is 0. The molecule has 0 aliphatic carbocycles. The van der Waals surface area contributed by atoms with Crippen LogP contribution in [-0.2, 0) is 18.2 Å². The van der Waals surface area contributed by atoms with Gasteiger partial charge in [-0.2, -0.15) is 5.10 Å². The highest BCUT2D eigenvalue weighted by molar-refractivity contribution is 6.30. The molecule has 18 heavy (non-hydrogen) atoms. The molecule has 1 heterocycles. The Morgan fingerprint density at radius 3 is 2.33 bits per heavy atom. The zero-order chi connectivity index (χ0) is 13.9. The maximum Gasteiger partial charge on any atom is 0.130 e. The van der Waals surface area contributed by atoms with E-state index in [-0.39, 0.29) is 0 Å². The van der Waals surface area contributed by atoms with E-state index in [4.69, 9.17) is 16.3 Å². The molecule has 0 spiro atoms. The zero-order valence-corrected chi connectivity index (χ0v) is 12.6. The fourth-order valence-electron chi connectivity index (χ4n) is 2.43. The van der Waals surface area contributed by atoms with Crippen molar-refractivity contribution in [3.8, 4) is 0 Å². The molecule has 0 aliphatic rings. The Morgan fingerprint density at radius 1 is 1.44 bits per heavy atom. The summed E-state index contributed by atoms with van der Waals surface area (Å²) in [6, 6.07) is 0. The number of aromatic nitrogens is 2. The third kappa shape index (κ3) is 2.71. The summed E-state index contributed by atoms with van der Waals surface area (Å²) in [5.74, 6) is 0. The van der Waals surface area contributed by atoms with Crippen molar-refractivity contribution in [2.75, 3.05) is 7.11 Å². The summed E-state index contributed by atoms with van der Waals surface area (Å²) >= 11 is 6.19. The minimum atomic E-state index is -0.585. The number of halogens is 1. The molecule has 4 nitrogen and oxygen atoms in total. The molecular weight excluding hydrogens is 252 g/mol. The van der Waals surface area contributed by atoms with Crippen molar-refractivity contribution in [2.45, 2.75) is 51.7 Å². The van der Waals surface area contributed by atoms with Crippen LogP contribution in [-0.4, -0.2) is 33.7 Å². The molecule has 1 aromatic heterocycles. The number of aryl methyl sites for hydroxylation is 2. The average Bonchev–Trinajstić information content (AvgIpc) is 2.59. The van der Waals surface area contributed by atoms with E-state index in [1.54, 1.807) is 18.8 Å². The van der Waals surface area contributed by atoms with Crippen molar-refractivity contribution in [1.82, 2.24) is 9.78 Å². The van der Waals surface area contributed by atoms with Gasteiger partial charge in [-0.05, 0) is 19.8 Å². The number of ether oxygens (including phenoxy) is 1. The Labute approximate surface area is 114 Å². The van der Waals surface area contributed by atoms with E-state index >= 15 is 0 Å². The zero-order valence-electron chi connectivity index (χ0n) is 11.8. The lowest BCUT2D eigenvalue weighted by molar-refractivity contribution is -0.106. The van der Waals surface area contributed by atoms with Gasteiger partial charge in [0.05, 0.1) is 17.4 Å². The van der Waals surface area contributed by atoms with Crippen LogP contribution in [0.15, 0.2) is 0 Å². The van der Waals surface area contributed by atoms with Gasteiger partial charge in [0.1, 0.15) is 5.15 Å². The Bertz CT molecular complexity index is 392. The van der Waals surface area contributed by atoms with Gasteiger partial charge < -0.3 is 9.84 Å². The molecule has 0 amide bonds. The van der Waals surface area contributed by atoms with Gasteiger partial charge in [0.15, 0.2) is 0 Å². The van der Waals surface area contributed by atoms with Crippen LogP contribution in [0.2, 0.25) is 5.15 Å². The molecule has 0 bridgehead atoms. The molecule has 0 saturated carbocycles. The molecule has 0 saturated heterocycles. The first-order valence-corrected chi connectivity index (χ1v) is 6.70. The summed E-state index contributed by atoms with van der Waals surface area (Å²) < 4.78 is 7.17. The van der Waals surface area contributed by atoms with Crippen molar-refractivity contribution >= 4 is 11.6 Å². The summed E-state index contributed by atoms with van der Waals surface area (Å²) in [6.07, 6.45) is 1.41. The molecule has 5 heteroatoms. The molecule has 1 aromatic rings. The standard InChI is InChI=1S/C13H23ClN2O2/c1-6-13(7-2,18-5)11(17)8-10-9(3)15-16(4)12(10)14/h11,17H,6-8H2,1-5H3. The fraction of sp³-hybridized carbons (Fsp3) is 0.769. The van der Waals surface area contributed by atoms with Gasteiger partial charge in [0.2, 0.25) is 0 Å². The second-order valence-corrected chi connectivity index (χ2v) is 5.03. The van der Waals surface area contributed by atoms with Crippen LogP contribution in [0, 0.1) is 6.92 Å². The Kier molecular flexibility index (Phi) is 5.20. The van der Waals surface area contributed by atoms with E-state index in [0.29, 0.717) is 11.6 Å². The van der Waals surface area contributed by atoms with Crippen molar-refractivity contribution in [3.05, 3.63) is 16.4 Å². The van der Waals surface area contributed by atoms with Crippen LogP contribution in [0.1, 0.15) is 37.9 Å². The summed E-state index contributed by atoms with van der Waals surface area (Å²) in [6.45, 7) is 5.95. The number of nitrogens with zero attached hydrogens (tertiary/aromatic N) is 2. The number of rotatable bonds is 6. The first-order chi connectivity index (χ1) is 8.41. The van der Waals surface area contributed by atoms with Crippen molar-refractivity contribution in [1.29, 1.82) is 0 Å². The van der Waals surface area contributed by atoms with Crippen molar-refractivity contribution in [3.63, 3.8) is 0 Å². The predicted octanol–water partition coefficient (Wildman–Crippen LogP) is 2.49. The normalized spacial score (nSPS) is 13.9. The fourth-order valence-corrected chi connectivity index (χ4v) is 2.68. The lowest BCUT2D eigenvalue weighted by Crippen LogP contribution is -2.44. The van der Waals surface area contributed by atoms with Gasteiger partial charge in [0.25, 0.3) is 0 Å². The summed E-state index contributed by atoms with van der Waals surface area (Å²) in [5.41, 5.74) is 1.25. The average molecular weight is 275 g/mol. The van der Waals surface area contributed by atoms with E-state index < -0.39 is 11.7 Å². The maximum atomic E-state index is 10.5. The maximum absolute atomic E-state index is 10.5. The minimum Gasteiger partial charge on any atom is -0.390 e. The molecular formula is C13H23ClN2O2. The summed E-state index contributed by atoms with van der Waals surface area (Å²) in [5, 5.41) is 15.3. The van der Waals surface area contributed by atoms with Crippen LogP contribution in [0.25, 0.3) is 0 Å². The molecule has 0 fully saturated rings. The molecule has 0 aliphatic heterocycles. The van der Waals surface area contributed by atoms with Gasteiger partial charge in [-0.1, -0.05) is 25.4 Å². The molecule has 1 rings (SSSR count). The van der Waals surface area contributed by atoms with Gasteiger partial charge >= 0.3 is 0 Å². The topological polar surface area (TPSA) is 47.3 Å². The second-order valence-electron chi connectivity index (χ2n) is 4.67. The number of hydrogen-bond donors (Lipinski definition) is 1. The van der Waals surface area contributed by atoms with E-state index in [1.807, 2.05) is 20.8 Å². The Morgan fingerprint density at radius 2 is 2.00 bits per heavy atom. The van der Waals surface area contributed by atoms with Crippen LogP contribution in [0.3, 0.4) is 0 Å². The molecule has 1 N–H and O–H groups in total. The largest absolute Gasteiger partial charge is 0.390 e. The van der Waals surface area contributed by atoms with Crippen LogP contribution in [0.5, 0.6) is 0 Å². The third-order valence-electron chi connectivity index (χ3n) is 3.88. The second kappa shape index (κ2) is 6.04.